The molecule has 10 heteroatoms. The van der Waals surface area contributed by atoms with E-state index in [1.54, 1.807) is 19.2 Å². The van der Waals surface area contributed by atoms with E-state index in [4.69, 9.17) is 4.74 Å². The number of nitriles is 1. The fourth-order valence-electron chi connectivity index (χ4n) is 4.48. The average Bonchev–Trinajstić information content (AvgIpc) is 2.78. The number of ether oxygens (including phenoxy) is 1. The summed E-state index contributed by atoms with van der Waals surface area (Å²) in [5.41, 5.74) is -0.736. The Labute approximate surface area is 194 Å². The zero-order valence-corrected chi connectivity index (χ0v) is 19.2. The molecule has 0 saturated carbocycles. The molecule has 1 unspecified atom stereocenters. The van der Waals surface area contributed by atoms with Crippen LogP contribution in [0.4, 0.5) is 19.0 Å². The molecular weight excluding hydrogens is 447 g/mol. The Bertz CT molecular complexity index is 1350. The van der Waals surface area contributed by atoms with Gasteiger partial charge in [-0.1, -0.05) is 13.0 Å². The molecule has 0 N–H and O–H groups in total. The Morgan fingerprint density at radius 2 is 1.94 bits per heavy atom. The highest BCUT2D eigenvalue weighted by atomic mass is 19.4. The third-order valence-corrected chi connectivity index (χ3v) is 6.58. The predicted octanol–water partition coefficient (Wildman–Crippen LogP) is 4.29. The highest BCUT2D eigenvalue weighted by Gasteiger charge is 2.43. The van der Waals surface area contributed by atoms with Crippen molar-refractivity contribution in [2.45, 2.75) is 45.0 Å². The summed E-state index contributed by atoms with van der Waals surface area (Å²) < 4.78 is 46.9. The van der Waals surface area contributed by atoms with Crippen molar-refractivity contribution in [2.75, 3.05) is 11.4 Å². The van der Waals surface area contributed by atoms with Crippen molar-refractivity contribution in [3.63, 3.8) is 0 Å². The molecule has 0 amide bonds. The maximum Gasteiger partial charge on any atom is 0.416 e. The fourth-order valence-corrected chi connectivity index (χ4v) is 4.48. The molecular formula is C24H24F3N5O2. The number of aromatic nitrogens is 3. The standard InChI is InChI=1S/C24H24F3N5O2/c1-14-13-32(21-20-19(31(4)22(33)30-21)9-8-17(12-28)29-20)15(2)11-23(14,3)34-18-7-5-6-16(10-18)24(25,26)27/h5-10,14-15H,11,13H2,1-4H3/t14-,15-,23?/m0/s1. The van der Waals surface area contributed by atoms with E-state index in [-0.39, 0.29) is 23.4 Å². The molecule has 34 heavy (non-hydrogen) atoms. The van der Waals surface area contributed by atoms with E-state index in [1.165, 1.54) is 16.7 Å². The Morgan fingerprint density at radius 1 is 1.21 bits per heavy atom. The maximum atomic E-state index is 13.1. The Hall–Kier alpha value is -3.61. The molecule has 7 nitrogen and oxygen atoms in total. The van der Waals surface area contributed by atoms with E-state index >= 15 is 0 Å². The van der Waals surface area contributed by atoms with Gasteiger partial charge in [0.05, 0.1) is 11.1 Å². The van der Waals surface area contributed by atoms with Crippen molar-refractivity contribution in [1.82, 2.24) is 14.5 Å². The summed E-state index contributed by atoms with van der Waals surface area (Å²) in [6, 6.07) is 9.95. The second-order valence-electron chi connectivity index (χ2n) is 9.00. The quantitative estimate of drug-likeness (QED) is 0.567. The van der Waals surface area contributed by atoms with Crippen LogP contribution in [0.2, 0.25) is 0 Å². The number of hydrogen-bond acceptors (Lipinski definition) is 6. The van der Waals surface area contributed by atoms with Gasteiger partial charge in [-0.25, -0.2) is 9.78 Å². The molecule has 0 bridgehead atoms. The number of piperidine rings is 1. The Balaban J connectivity index is 1.68. The summed E-state index contributed by atoms with van der Waals surface area (Å²) in [6.45, 7) is 6.21. The van der Waals surface area contributed by atoms with Gasteiger partial charge in [0, 0.05) is 32.0 Å². The third kappa shape index (κ3) is 4.18. The van der Waals surface area contributed by atoms with E-state index in [1.807, 2.05) is 31.7 Å². The monoisotopic (exact) mass is 471 g/mol. The van der Waals surface area contributed by atoms with Gasteiger partial charge < -0.3 is 9.64 Å². The number of rotatable bonds is 3. The maximum absolute atomic E-state index is 13.1. The molecule has 0 aliphatic carbocycles. The minimum Gasteiger partial charge on any atom is -0.487 e. The van der Waals surface area contributed by atoms with Crippen LogP contribution < -0.4 is 15.3 Å². The van der Waals surface area contributed by atoms with Crippen molar-refractivity contribution < 1.29 is 17.9 Å². The van der Waals surface area contributed by atoms with Gasteiger partial charge in [-0.3, -0.25) is 4.57 Å². The van der Waals surface area contributed by atoms with E-state index in [0.29, 0.717) is 29.8 Å². The molecule has 0 radical (unpaired) electrons. The summed E-state index contributed by atoms with van der Waals surface area (Å²) in [5.74, 6) is 0.413. The zero-order valence-electron chi connectivity index (χ0n) is 19.2. The molecule has 178 valence electrons. The molecule has 1 aliphatic rings. The molecule has 3 atom stereocenters. The lowest BCUT2D eigenvalue weighted by atomic mass is 9.80. The van der Waals surface area contributed by atoms with Gasteiger partial charge in [-0.15, -0.1) is 0 Å². The zero-order chi connectivity index (χ0) is 24.8. The first-order valence-electron chi connectivity index (χ1n) is 10.8. The van der Waals surface area contributed by atoms with Gasteiger partial charge in [0.2, 0.25) is 0 Å². The van der Waals surface area contributed by atoms with Crippen molar-refractivity contribution in [3.8, 4) is 11.8 Å². The van der Waals surface area contributed by atoms with Crippen molar-refractivity contribution >= 4 is 16.9 Å². The topological polar surface area (TPSA) is 84.0 Å². The van der Waals surface area contributed by atoms with Gasteiger partial charge in [0.15, 0.2) is 5.82 Å². The normalized spacial score (nSPS) is 23.1. The minimum atomic E-state index is -4.45. The van der Waals surface area contributed by atoms with Gasteiger partial charge in [-0.2, -0.15) is 23.4 Å². The molecule has 4 rings (SSSR count). The largest absolute Gasteiger partial charge is 0.487 e. The summed E-state index contributed by atoms with van der Waals surface area (Å²) in [4.78, 5) is 23.1. The molecule has 3 aromatic rings. The van der Waals surface area contributed by atoms with Crippen molar-refractivity contribution in [3.05, 3.63) is 58.1 Å². The summed E-state index contributed by atoms with van der Waals surface area (Å²) in [6.07, 6.45) is -3.98. The summed E-state index contributed by atoms with van der Waals surface area (Å²) in [7, 11) is 1.59. The third-order valence-electron chi connectivity index (χ3n) is 6.58. The number of alkyl halides is 3. The molecule has 1 saturated heterocycles. The van der Waals surface area contributed by atoms with Crippen LogP contribution in [0.3, 0.4) is 0 Å². The van der Waals surface area contributed by atoms with Crippen molar-refractivity contribution in [2.24, 2.45) is 13.0 Å². The molecule has 1 aliphatic heterocycles. The number of halogens is 3. The molecule has 3 heterocycles. The Kier molecular flexibility index (Phi) is 5.75. The highest BCUT2D eigenvalue weighted by molar-refractivity contribution is 5.86. The van der Waals surface area contributed by atoms with E-state index < -0.39 is 23.0 Å². The van der Waals surface area contributed by atoms with Crippen LogP contribution in [0.1, 0.15) is 38.4 Å². The number of pyridine rings is 1. The SMILES string of the molecule is C[C@H]1CC(C)(Oc2cccc(C(F)(F)F)c2)[C@@H](C)CN1c1nc(=O)n(C)c2ccc(C#N)nc12. The van der Waals surface area contributed by atoms with E-state index in [0.717, 1.165) is 12.1 Å². The van der Waals surface area contributed by atoms with Crippen LogP contribution in [-0.4, -0.2) is 32.7 Å². The minimum absolute atomic E-state index is 0.127. The second kappa shape index (κ2) is 8.31. The number of fused-ring (bicyclic) bond motifs is 1. The van der Waals surface area contributed by atoms with Crippen LogP contribution in [0, 0.1) is 17.2 Å². The van der Waals surface area contributed by atoms with Crippen LogP contribution in [0.5, 0.6) is 5.75 Å². The molecule has 1 fully saturated rings. The molecule has 0 spiro atoms. The van der Waals surface area contributed by atoms with E-state index in [9.17, 15) is 23.2 Å². The smallest absolute Gasteiger partial charge is 0.416 e. The van der Waals surface area contributed by atoms with Gasteiger partial charge in [0.25, 0.3) is 0 Å². The summed E-state index contributed by atoms with van der Waals surface area (Å²) >= 11 is 0. The van der Waals surface area contributed by atoms with Crippen LogP contribution in [0.15, 0.2) is 41.2 Å². The van der Waals surface area contributed by atoms with Crippen molar-refractivity contribution in [1.29, 1.82) is 5.26 Å². The fraction of sp³-hybridized carbons (Fsp3) is 0.417. The first-order valence-corrected chi connectivity index (χ1v) is 10.8. The number of aryl methyl sites for hydroxylation is 1. The van der Waals surface area contributed by atoms with Crippen LogP contribution in [-0.2, 0) is 13.2 Å². The number of nitrogens with zero attached hydrogens (tertiary/aromatic N) is 5. The lowest BCUT2D eigenvalue weighted by Gasteiger charge is -2.48. The van der Waals surface area contributed by atoms with Crippen LogP contribution in [0.25, 0.3) is 11.0 Å². The second-order valence-corrected chi connectivity index (χ2v) is 9.00. The first-order chi connectivity index (χ1) is 15.9. The molecule has 1 aromatic carbocycles. The summed E-state index contributed by atoms with van der Waals surface area (Å²) in [5, 5.41) is 9.29. The first kappa shape index (κ1) is 23.5. The van der Waals surface area contributed by atoms with Gasteiger partial charge >= 0.3 is 11.9 Å². The lowest BCUT2D eigenvalue weighted by Crippen LogP contribution is -2.56. The highest BCUT2D eigenvalue weighted by Crippen LogP contribution is 2.39. The number of hydrogen-bond donors (Lipinski definition) is 0. The predicted molar refractivity (Wildman–Crippen MR) is 121 cm³/mol. The number of benzene rings is 1. The van der Waals surface area contributed by atoms with Gasteiger partial charge in [0.1, 0.15) is 28.6 Å². The number of anilines is 1. The van der Waals surface area contributed by atoms with Crippen LogP contribution >= 0.6 is 0 Å². The van der Waals surface area contributed by atoms with E-state index in [2.05, 4.69) is 9.97 Å². The molecule has 2 aromatic heterocycles. The average molecular weight is 471 g/mol. The lowest BCUT2D eigenvalue weighted by molar-refractivity contribution is -0.137. The Morgan fingerprint density at radius 3 is 2.62 bits per heavy atom. The van der Waals surface area contributed by atoms with Gasteiger partial charge in [-0.05, 0) is 44.2 Å².